The fraction of sp³-hybridized carbons (Fsp3) is 0.158. The number of anilines is 2. The Morgan fingerprint density at radius 1 is 1.12 bits per heavy atom. The first-order chi connectivity index (χ1) is 12.5. The number of nitrogens with one attached hydrogen (secondary N) is 2. The van der Waals surface area contributed by atoms with Crippen LogP contribution in [0.25, 0.3) is 11.0 Å². The Labute approximate surface area is 154 Å². The number of halogens is 1. The van der Waals surface area contributed by atoms with E-state index in [1.54, 1.807) is 37.3 Å². The fourth-order valence-corrected chi connectivity index (χ4v) is 2.63. The first kappa shape index (κ1) is 17.8. The van der Waals surface area contributed by atoms with Gasteiger partial charge in [-0.3, -0.25) is 5.32 Å². The third-order valence-corrected chi connectivity index (χ3v) is 3.93. The van der Waals surface area contributed by atoms with E-state index in [0.29, 0.717) is 22.8 Å². The molecule has 0 radical (unpaired) electrons. The summed E-state index contributed by atoms with van der Waals surface area (Å²) in [5, 5.41) is 7.26. The Morgan fingerprint density at radius 2 is 1.85 bits per heavy atom. The Morgan fingerprint density at radius 3 is 2.58 bits per heavy atom. The first-order valence-corrected chi connectivity index (χ1v) is 8.43. The van der Waals surface area contributed by atoms with Crippen molar-refractivity contribution < 1.29 is 13.9 Å². The highest BCUT2D eigenvalue weighted by Crippen LogP contribution is 2.23. The normalized spacial score (nSPS) is 10.5. The van der Waals surface area contributed by atoms with Crippen LogP contribution in [-0.4, -0.2) is 12.7 Å². The van der Waals surface area contributed by atoms with Gasteiger partial charge in [-0.05, 0) is 48.9 Å². The van der Waals surface area contributed by atoms with Gasteiger partial charge < -0.3 is 14.5 Å². The molecule has 0 saturated heterocycles. The number of rotatable bonds is 5. The van der Waals surface area contributed by atoms with Crippen LogP contribution in [0.2, 0.25) is 5.02 Å². The van der Waals surface area contributed by atoms with Gasteiger partial charge in [-0.1, -0.05) is 11.6 Å². The number of carbonyl (C=O) groups excluding carboxylic acids is 1. The standard InChI is InChI=1S/C19H17ClN2O4/c1-2-25-19(24)22-15-7-8-16-12(9-18(23)26-17(16)10-15)11-21-14-5-3-13(20)4-6-14/h3-10,21H,2,11H2,1H3,(H,22,24). The van der Waals surface area contributed by atoms with Crippen LogP contribution in [0.4, 0.5) is 16.2 Å². The molecule has 6 nitrogen and oxygen atoms in total. The van der Waals surface area contributed by atoms with Crippen molar-refractivity contribution in [2.75, 3.05) is 17.2 Å². The number of ether oxygens (including phenoxy) is 1. The van der Waals surface area contributed by atoms with Gasteiger partial charge in [-0.25, -0.2) is 9.59 Å². The maximum atomic E-state index is 11.9. The SMILES string of the molecule is CCOC(=O)Nc1ccc2c(CNc3ccc(Cl)cc3)cc(=O)oc2c1. The molecular weight excluding hydrogens is 356 g/mol. The Kier molecular flexibility index (Phi) is 5.43. The van der Waals surface area contributed by atoms with E-state index in [0.717, 1.165) is 16.6 Å². The second-order valence-corrected chi connectivity index (χ2v) is 5.94. The highest BCUT2D eigenvalue weighted by molar-refractivity contribution is 6.30. The minimum atomic E-state index is -0.560. The van der Waals surface area contributed by atoms with E-state index in [1.807, 2.05) is 12.1 Å². The predicted molar refractivity (Wildman–Crippen MR) is 102 cm³/mol. The quantitative estimate of drug-likeness (QED) is 0.638. The van der Waals surface area contributed by atoms with Gasteiger partial charge in [0.2, 0.25) is 0 Å². The number of hydrogen-bond acceptors (Lipinski definition) is 5. The van der Waals surface area contributed by atoms with Crippen molar-refractivity contribution in [3.8, 4) is 0 Å². The molecule has 2 aromatic carbocycles. The summed E-state index contributed by atoms with van der Waals surface area (Å²) in [5.41, 5.74) is 2.09. The Balaban J connectivity index is 1.84. The van der Waals surface area contributed by atoms with Crippen LogP contribution in [0.3, 0.4) is 0 Å². The van der Waals surface area contributed by atoms with Gasteiger partial charge in [-0.15, -0.1) is 0 Å². The van der Waals surface area contributed by atoms with Crippen LogP contribution in [0.5, 0.6) is 0 Å². The molecule has 1 amide bonds. The number of carbonyl (C=O) groups is 1. The molecule has 0 atom stereocenters. The van der Waals surface area contributed by atoms with Crippen LogP contribution in [0.15, 0.2) is 57.7 Å². The van der Waals surface area contributed by atoms with Crippen LogP contribution in [0, 0.1) is 0 Å². The molecule has 1 aromatic heterocycles. The second kappa shape index (κ2) is 7.93. The van der Waals surface area contributed by atoms with E-state index in [1.165, 1.54) is 6.07 Å². The van der Waals surface area contributed by atoms with Gasteiger partial charge in [0.1, 0.15) is 5.58 Å². The Bertz CT molecular complexity index is 983. The molecule has 3 aromatic rings. The van der Waals surface area contributed by atoms with Crippen LogP contribution >= 0.6 is 11.6 Å². The third kappa shape index (κ3) is 4.34. The molecule has 0 aliphatic carbocycles. The lowest BCUT2D eigenvalue weighted by Crippen LogP contribution is -2.13. The summed E-state index contributed by atoms with van der Waals surface area (Å²) >= 11 is 5.88. The molecule has 2 N–H and O–H groups in total. The maximum Gasteiger partial charge on any atom is 0.411 e. The highest BCUT2D eigenvalue weighted by atomic mass is 35.5. The molecule has 134 valence electrons. The van der Waals surface area contributed by atoms with Gasteiger partial charge in [0.15, 0.2) is 0 Å². The molecule has 0 aliphatic rings. The van der Waals surface area contributed by atoms with Crippen molar-refractivity contribution in [1.29, 1.82) is 0 Å². The largest absolute Gasteiger partial charge is 0.450 e. The van der Waals surface area contributed by atoms with Crippen molar-refractivity contribution in [3.05, 3.63) is 69.5 Å². The zero-order valence-corrected chi connectivity index (χ0v) is 14.8. The zero-order valence-electron chi connectivity index (χ0n) is 14.0. The number of amides is 1. The van der Waals surface area contributed by atoms with Crippen molar-refractivity contribution in [2.24, 2.45) is 0 Å². The predicted octanol–water partition coefficient (Wildman–Crippen LogP) is 4.63. The molecule has 1 heterocycles. The monoisotopic (exact) mass is 372 g/mol. The first-order valence-electron chi connectivity index (χ1n) is 8.05. The molecule has 0 bridgehead atoms. The number of hydrogen-bond donors (Lipinski definition) is 2. The number of fused-ring (bicyclic) bond motifs is 1. The van der Waals surface area contributed by atoms with Gasteiger partial charge in [0.25, 0.3) is 0 Å². The average Bonchev–Trinajstić information content (AvgIpc) is 2.60. The van der Waals surface area contributed by atoms with E-state index in [4.69, 9.17) is 20.8 Å². The molecule has 0 unspecified atom stereocenters. The third-order valence-electron chi connectivity index (χ3n) is 3.68. The molecule has 0 saturated carbocycles. The molecule has 7 heteroatoms. The van der Waals surface area contributed by atoms with E-state index in [2.05, 4.69) is 10.6 Å². The second-order valence-electron chi connectivity index (χ2n) is 5.51. The Hall–Kier alpha value is -2.99. The van der Waals surface area contributed by atoms with E-state index < -0.39 is 11.7 Å². The summed E-state index contributed by atoms with van der Waals surface area (Å²) < 4.78 is 10.1. The molecule has 3 rings (SSSR count). The van der Waals surface area contributed by atoms with Crippen molar-refractivity contribution >= 4 is 40.0 Å². The van der Waals surface area contributed by atoms with E-state index in [-0.39, 0.29) is 6.61 Å². The molecule has 0 aliphatic heterocycles. The van der Waals surface area contributed by atoms with Gasteiger partial charge in [0.05, 0.1) is 6.61 Å². The fourth-order valence-electron chi connectivity index (χ4n) is 2.50. The van der Waals surface area contributed by atoms with Crippen LogP contribution in [-0.2, 0) is 11.3 Å². The van der Waals surface area contributed by atoms with E-state index in [9.17, 15) is 9.59 Å². The lowest BCUT2D eigenvalue weighted by molar-refractivity contribution is 0.168. The summed E-state index contributed by atoms with van der Waals surface area (Å²) in [6, 6.07) is 13.9. The maximum absolute atomic E-state index is 11.9. The van der Waals surface area contributed by atoms with E-state index >= 15 is 0 Å². The van der Waals surface area contributed by atoms with Crippen LogP contribution < -0.4 is 16.3 Å². The minimum Gasteiger partial charge on any atom is -0.450 e. The summed E-state index contributed by atoms with van der Waals surface area (Å²) in [6.07, 6.45) is -0.560. The molecular formula is C19H17ClN2O4. The zero-order chi connectivity index (χ0) is 18.5. The smallest absolute Gasteiger partial charge is 0.411 e. The topological polar surface area (TPSA) is 80.6 Å². The van der Waals surface area contributed by atoms with Crippen LogP contribution in [0.1, 0.15) is 12.5 Å². The molecule has 0 fully saturated rings. The van der Waals surface area contributed by atoms with Gasteiger partial charge in [-0.2, -0.15) is 0 Å². The summed E-state index contributed by atoms with van der Waals surface area (Å²) in [4.78, 5) is 23.4. The lowest BCUT2D eigenvalue weighted by Gasteiger charge is -2.10. The van der Waals surface area contributed by atoms with Gasteiger partial charge in [0, 0.05) is 40.5 Å². The summed E-state index contributed by atoms with van der Waals surface area (Å²) in [5.74, 6) is 0. The van der Waals surface area contributed by atoms with Crippen molar-refractivity contribution in [3.63, 3.8) is 0 Å². The van der Waals surface area contributed by atoms with Crippen molar-refractivity contribution in [1.82, 2.24) is 0 Å². The highest BCUT2D eigenvalue weighted by Gasteiger charge is 2.09. The lowest BCUT2D eigenvalue weighted by atomic mass is 10.1. The number of benzene rings is 2. The van der Waals surface area contributed by atoms with Crippen molar-refractivity contribution in [2.45, 2.75) is 13.5 Å². The minimum absolute atomic E-state index is 0.273. The molecule has 0 spiro atoms. The summed E-state index contributed by atoms with van der Waals surface area (Å²) in [6.45, 7) is 2.43. The average molecular weight is 373 g/mol. The summed E-state index contributed by atoms with van der Waals surface area (Å²) in [7, 11) is 0. The van der Waals surface area contributed by atoms with Gasteiger partial charge >= 0.3 is 11.7 Å². The molecule has 26 heavy (non-hydrogen) atoms.